The van der Waals surface area contributed by atoms with Crippen LogP contribution in [0.25, 0.3) is 0 Å². The van der Waals surface area contributed by atoms with E-state index in [1.807, 2.05) is 0 Å². The first-order valence-electron chi connectivity index (χ1n) is 6.33. The Kier molecular flexibility index (Phi) is 6.83. The van der Waals surface area contributed by atoms with Gasteiger partial charge in [0.05, 0.1) is 19.8 Å². The monoisotopic (exact) mass is 248 g/mol. The molecule has 3 nitrogen and oxygen atoms in total. The molecule has 0 bridgehead atoms. The van der Waals surface area contributed by atoms with Gasteiger partial charge in [0, 0.05) is 5.41 Å². The highest BCUT2D eigenvalue weighted by Crippen LogP contribution is 2.46. The lowest BCUT2D eigenvalue weighted by molar-refractivity contribution is 0.0275. The van der Waals surface area contributed by atoms with Crippen LogP contribution in [0.15, 0.2) is 0 Å². The maximum absolute atomic E-state index is 5.58. The SMILES string of the molecule is CCCCCCCOP1OCC(C)(C)CO1. The summed E-state index contributed by atoms with van der Waals surface area (Å²) >= 11 is 0. The van der Waals surface area contributed by atoms with Crippen LogP contribution in [0, 0.1) is 5.41 Å². The Balaban J connectivity index is 1.94. The summed E-state index contributed by atoms with van der Waals surface area (Å²) in [5.74, 6) is 0. The maximum Gasteiger partial charge on any atom is 0.332 e. The Hall–Kier alpha value is 0.310. The lowest BCUT2D eigenvalue weighted by atomic mass is 9.97. The Morgan fingerprint density at radius 1 is 1.06 bits per heavy atom. The van der Waals surface area contributed by atoms with Crippen molar-refractivity contribution in [3.8, 4) is 0 Å². The van der Waals surface area contributed by atoms with Crippen molar-refractivity contribution >= 4 is 8.60 Å². The van der Waals surface area contributed by atoms with E-state index in [-0.39, 0.29) is 5.41 Å². The highest BCUT2D eigenvalue weighted by molar-refractivity contribution is 7.41. The van der Waals surface area contributed by atoms with E-state index in [2.05, 4.69) is 20.8 Å². The van der Waals surface area contributed by atoms with E-state index >= 15 is 0 Å². The zero-order chi connectivity index (χ0) is 11.9. The fraction of sp³-hybridized carbons (Fsp3) is 1.00. The van der Waals surface area contributed by atoms with Crippen molar-refractivity contribution in [3.63, 3.8) is 0 Å². The standard InChI is InChI=1S/C12H25O3P/c1-4-5-6-7-8-9-13-16-14-10-12(2,3)11-15-16/h4-11H2,1-3H3. The van der Waals surface area contributed by atoms with Gasteiger partial charge >= 0.3 is 8.60 Å². The molecule has 96 valence electrons. The molecule has 16 heavy (non-hydrogen) atoms. The van der Waals surface area contributed by atoms with Gasteiger partial charge in [-0.25, -0.2) is 0 Å². The Labute approximate surface area is 101 Å². The Morgan fingerprint density at radius 2 is 1.69 bits per heavy atom. The minimum absolute atomic E-state index is 0.142. The van der Waals surface area contributed by atoms with E-state index < -0.39 is 8.60 Å². The van der Waals surface area contributed by atoms with Crippen LogP contribution in [0.1, 0.15) is 52.9 Å². The van der Waals surface area contributed by atoms with Crippen LogP contribution >= 0.6 is 8.60 Å². The molecular weight excluding hydrogens is 223 g/mol. The molecule has 0 saturated carbocycles. The average molecular weight is 248 g/mol. The number of rotatable bonds is 7. The molecule has 0 aromatic rings. The zero-order valence-electron chi connectivity index (χ0n) is 10.8. The average Bonchev–Trinajstić information content (AvgIpc) is 2.25. The lowest BCUT2D eigenvalue weighted by Gasteiger charge is -2.32. The van der Waals surface area contributed by atoms with E-state index in [1.165, 1.54) is 25.7 Å². The molecule has 0 atom stereocenters. The number of hydrogen-bond acceptors (Lipinski definition) is 3. The van der Waals surface area contributed by atoms with Crippen molar-refractivity contribution in [3.05, 3.63) is 0 Å². The van der Waals surface area contributed by atoms with Crippen molar-refractivity contribution in [1.29, 1.82) is 0 Å². The van der Waals surface area contributed by atoms with E-state index in [1.54, 1.807) is 0 Å². The minimum Gasteiger partial charge on any atom is -0.312 e. The van der Waals surface area contributed by atoms with Crippen LogP contribution in [-0.2, 0) is 13.6 Å². The summed E-state index contributed by atoms with van der Waals surface area (Å²) in [5.41, 5.74) is 0.142. The first-order chi connectivity index (χ1) is 7.64. The van der Waals surface area contributed by atoms with Crippen molar-refractivity contribution < 1.29 is 13.6 Å². The molecule has 1 rings (SSSR count). The number of unbranched alkanes of at least 4 members (excludes halogenated alkanes) is 4. The topological polar surface area (TPSA) is 27.7 Å². The molecule has 0 spiro atoms. The second kappa shape index (κ2) is 7.60. The van der Waals surface area contributed by atoms with Crippen LogP contribution in [0.4, 0.5) is 0 Å². The predicted octanol–water partition coefficient (Wildman–Crippen LogP) is 4.27. The molecule has 1 saturated heterocycles. The van der Waals surface area contributed by atoms with Crippen LogP contribution in [0.5, 0.6) is 0 Å². The predicted molar refractivity (Wildman–Crippen MR) is 67.3 cm³/mol. The third-order valence-electron chi connectivity index (χ3n) is 2.57. The molecule has 0 aliphatic carbocycles. The highest BCUT2D eigenvalue weighted by Gasteiger charge is 2.29. The van der Waals surface area contributed by atoms with Crippen molar-refractivity contribution in [2.45, 2.75) is 52.9 Å². The quantitative estimate of drug-likeness (QED) is 0.497. The summed E-state index contributed by atoms with van der Waals surface area (Å²) in [4.78, 5) is 0. The minimum atomic E-state index is -1.05. The Morgan fingerprint density at radius 3 is 2.31 bits per heavy atom. The van der Waals surface area contributed by atoms with Crippen molar-refractivity contribution in [2.24, 2.45) is 5.41 Å². The molecule has 1 aliphatic rings. The van der Waals surface area contributed by atoms with E-state index in [4.69, 9.17) is 13.6 Å². The largest absolute Gasteiger partial charge is 0.332 e. The van der Waals surface area contributed by atoms with Crippen LogP contribution in [0.2, 0.25) is 0 Å². The van der Waals surface area contributed by atoms with Gasteiger partial charge < -0.3 is 13.6 Å². The second-order valence-electron chi connectivity index (χ2n) is 5.18. The third kappa shape index (κ3) is 6.15. The summed E-state index contributed by atoms with van der Waals surface area (Å²) in [5, 5.41) is 0. The summed E-state index contributed by atoms with van der Waals surface area (Å²) < 4.78 is 16.7. The van der Waals surface area contributed by atoms with Crippen molar-refractivity contribution in [2.75, 3.05) is 19.8 Å². The molecule has 0 aromatic carbocycles. The molecule has 0 aromatic heterocycles. The van der Waals surface area contributed by atoms with Gasteiger partial charge in [-0.1, -0.05) is 46.5 Å². The molecule has 0 unspecified atom stereocenters. The van der Waals surface area contributed by atoms with Gasteiger partial charge in [0.2, 0.25) is 0 Å². The zero-order valence-corrected chi connectivity index (χ0v) is 11.7. The summed E-state index contributed by atoms with van der Waals surface area (Å²) in [7, 11) is -1.05. The Bertz CT molecular complexity index is 175. The summed E-state index contributed by atoms with van der Waals surface area (Å²) in [6.07, 6.45) is 6.30. The van der Waals surface area contributed by atoms with Gasteiger partial charge in [-0.15, -0.1) is 0 Å². The molecule has 0 amide bonds. The normalized spacial score (nSPS) is 21.2. The fourth-order valence-electron chi connectivity index (χ4n) is 1.45. The van der Waals surface area contributed by atoms with E-state index in [0.717, 1.165) is 26.2 Å². The summed E-state index contributed by atoms with van der Waals surface area (Å²) in [6, 6.07) is 0. The second-order valence-corrected chi connectivity index (χ2v) is 6.40. The third-order valence-corrected chi connectivity index (χ3v) is 3.64. The van der Waals surface area contributed by atoms with Gasteiger partial charge in [-0.3, -0.25) is 0 Å². The molecular formula is C12H25O3P. The first-order valence-corrected chi connectivity index (χ1v) is 7.42. The first kappa shape index (κ1) is 14.4. The summed E-state index contributed by atoms with van der Waals surface area (Å²) in [6.45, 7) is 8.78. The smallest absolute Gasteiger partial charge is 0.312 e. The lowest BCUT2D eigenvalue weighted by Crippen LogP contribution is -2.28. The van der Waals surface area contributed by atoms with Gasteiger partial charge in [-0.2, -0.15) is 0 Å². The number of hydrogen-bond donors (Lipinski definition) is 0. The van der Waals surface area contributed by atoms with Crippen LogP contribution < -0.4 is 0 Å². The maximum atomic E-state index is 5.58. The van der Waals surface area contributed by atoms with Gasteiger partial charge in [0.15, 0.2) is 0 Å². The van der Waals surface area contributed by atoms with E-state index in [0.29, 0.717) is 0 Å². The van der Waals surface area contributed by atoms with Crippen molar-refractivity contribution in [1.82, 2.24) is 0 Å². The molecule has 0 N–H and O–H groups in total. The molecule has 1 aliphatic heterocycles. The molecule has 1 heterocycles. The molecule has 4 heteroatoms. The molecule has 1 fully saturated rings. The van der Waals surface area contributed by atoms with Crippen LogP contribution in [0.3, 0.4) is 0 Å². The fourth-order valence-corrected chi connectivity index (χ4v) is 2.86. The van der Waals surface area contributed by atoms with Gasteiger partial charge in [0.1, 0.15) is 0 Å². The van der Waals surface area contributed by atoms with Crippen LogP contribution in [-0.4, -0.2) is 19.8 Å². The van der Waals surface area contributed by atoms with Gasteiger partial charge in [-0.05, 0) is 6.42 Å². The van der Waals surface area contributed by atoms with Gasteiger partial charge in [0.25, 0.3) is 0 Å². The van der Waals surface area contributed by atoms with E-state index in [9.17, 15) is 0 Å². The highest BCUT2D eigenvalue weighted by atomic mass is 31.2. The molecule has 0 radical (unpaired) electrons.